The molecular formula is C15H20BrFN2O2. The van der Waals surface area contributed by atoms with Gasteiger partial charge in [0.15, 0.2) is 0 Å². The molecule has 1 aromatic carbocycles. The molecule has 0 saturated carbocycles. The van der Waals surface area contributed by atoms with E-state index in [1.165, 1.54) is 12.1 Å². The second kappa shape index (κ2) is 7.87. The zero-order chi connectivity index (χ0) is 15.2. The Hall–Kier alpha value is -0.980. The molecule has 1 saturated heterocycles. The molecule has 0 aliphatic carbocycles. The first kappa shape index (κ1) is 16.4. The minimum absolute atomic E-state index is 0.285. The van der Waals surface area contributed by atoms with Gasteiger partial charge in [-0.2, -0.15) is 0 Å². The summed E-state index contributed by atoms with van der Waals surface area (Å²) in [4.78, 5) is 14.5. The molecule has 0 amide bonds. The van der Waals surface area contributed by atoms with Crippen molar-refractivity contribution in [1.82, 2.24) is 10.2 Å². The smallest absolute Gasteiger partial charge is 0.328 e. The highest BCUT2D eigenvalue weighted by atomic mass is 79.9. The van der Waals surface area contributed by atoms with Crippen LogP contribution in [-0.2, 0) is 9.53 Å². The van der Waals surface area contributed by atoms with Crippen molar-refractivity contribution in [1.29, 1.82) is 0 Å². The lowest BCUT2D eigenvalue weighted by Gasteiger charge is -2.29. The molecule has 1 atom stereocenters. The highest BCUT2D eigenvalue weighted by molar-refractivity contribution is 9.10. The molecule has 116 valence electrons. The van der Waals surface area contributed by atoms with Crippen molar-refractivity contribution >= 4 is 21.9 Å². The Morgan fingerprint density at radius 3 is 3.00 bits per heavy atom. The summed E-state index contributed by atoms with van der Waals surface area (Å²) < 4.78 is 19.1. The van der Waals surface area contributed by atoms with E-state index in [0.717, 1.165) is 38.2 Å². The van der Waals surface area contributed by atoms with E-state index in [9.17, 15) is 9.18 Å². The monoisotopic (exact) mass is 358 g/mol. The fourth-order valence-corrected chi connectivity index (χ4v) is 3.11. The quantitative estimate of drug-likeness (QED) is 0.839. The summed E-state index contributed by atoms with van der Waals surface area (Å²) in [5.41, 5.74) is 0.747. The van der Waals surface area contributed by atoms with E-state index < -0.39 is 6.04 Å². The van der Waals surface area contributed by atoms with Crippen molar-refractivity contribution in [2.24, 2.45) is 0 Å². The van der Waals surface area contributed by atoms with Gasteiger partial charge in [0.1, 0.15) is 11.9 Å². The number of benzene rings is 1. The van der Waals surface area contributed by atoms with E-state index in [1.54, 1.807) is 13.0 Å². The molecule has 1 N–H and O–H groups in total. The van der Waals surface area contributed by atoms with Crippen LogP contribution >= 0.6 is 15.9 Å². The molecule has 0 radical (unpaired) electrons. The third-order valence-corrected chi connectivity index (χ3v) is 4.19. The van der Waals surface area contributed by atoms with Crippen LogP contribution in [0.25, 0.3) is 0 Å². The van der Waals surface area contributed by atoms with Crippen LogP contribution in [0.5, 0.6) is 0 Å². The Morgan fingerprint density at radius 2 is 2.29 bits per heavy atom. The molecule has 1 heterocycles. The molecule has 0 spiro atoms. The van der Waals surface area contributed by atoms with Crippen molar-refractivity contribution in [3.63, 3.8) is 0 Å². The lowest BCUT2D eigenvalue weighted by atomic mass is 10.0. The average Bonchev–Trinajstić information content (AvgIpc) is 2.71. The molecule has 2 rings (SSSR count). The Morgan fingerprint density at radius 1 is 1.48 bits per heavy atom. The lowest BCUT2D eigenvalue weighted by Crippen LogP contribution is -2.37. The normalized spacial score (nSPS) is 18.0. The van der Waals surface area contributed by atoms with E-state index >= 15 is 0 Å². The van der Waals surface area contributed by atoms with Gasteiger partial charge in [-0.25, -0.2) is 9.18 Å². The first-order chi connectivity index (χ1) is 10.1. The van der Waals surface area contributed by atoms with Gasteiger partial charge in [-0.15, -0.1) is 0 Å². The van der Waals surface area contributed by atoms with E-state index in [-0.39, 0.29) is 11.8 Å². The molecular weight excluding hydrogens is 339 g/mol. The summed E-state index contributed by atoms with van der Waals surface area (Å²) in [6, 6.07) is 3.92. The molecule has 0 bridgehead atoms. The van der Waals surface area contributed by atoms with E-state index in [1.807, 2.05) is 0 Å². The first-order valence-electron chi connectivity index (χ1n) is 7.20. The van der Waals surface area contributed by atoms with E-state index in [0.29, 0.717) is 11.1 Å². The first-order valence-corrected chi connectivity index (χ1v) is 7.99. The Balaban J connectivity index is 2.32. The maximum absolute atomic E-state index is 13.3. The topological polar surface area (TPSA) is 41.6 Å². The Bertz CT molecular complexity index is 491. The number of rotatable bonds is 4. The Labute approximate surface area is 132 Å². The number of carbonyl (C=O) groups is 1. The maximum Gasteiger partial charge on any atom is 0.328 e. The number of ether oxygens (including phenoxy) is 1. The van der Waals surface area contributed by atoms with Gasteiger partial charge >= 0.3 is 5.97 Å². The van der Waals surface area contributed by atoms with Crippen molar-refractivity contribution < 1.29 is 13.9 Å². The highest BCUT2D eigenvalue weighted by Crippen LogP contribution is 2.30. The number of carbonyl (C=O) groups excluding carboxylic acids is 1. The summed E-state index contributed by atoms with van der Waals surface area (Å²) in [7, 11) is 0. The largest absolute Gasteiger partial charge is 0.465 e. The van der Waals surface area contributed by atoms with Crippen molar-refractivity contribution in [2.45, 2.75) is 19.4 Å². The molecule has 1 unspecified atom stereocenters. The van der Waals surface area contributed by atoms with Gasteiger partial charge in [0.25, 0.3) is 0 Å². The summed E-state index contributed by atoms with van der Waals surface area (Å²) in [5.74, 6) is -0.613. The van der Waals surface area contributed by atoms with E-state index in [2.05, 4.69) is 26.1 Å². The summed E-state index contributed by atoms with van der Waals surface area (Å²) in [6.45, 7) is 5.46. The van der Waals surface area contributed by atoms with Gasteiger partial charge in [-0.1, -0.05) is 22.0 Å². The minimum atomic E-state index is -0.500. The summed E-state index contributed by atoms with van der Waals surface area (Å²) in [5, 5.41) is 3.31. The minimum Gasteiger partial charge on any atom is -0.465 e. The fourth-order valence-electron chi connectivity index (χ4n) is 2.54. The summed E-state index contributed by atoms with van der Waals surface area (Å²) >= 11 is 3.36. The molecule has 1 aliphatic rings. The van der Waals surface area contributed by atoms with Gasteiger partial charge in [0.2, 0.25) is 0 Å². The molecule has 4 nitrogen and oxygen atoms in total. The van der Waals surface area contributed by atoms with Gasteiger partial charge in [-0.3, -0.25) is 4.90 Å². The predicted molar refractivity (Wildman–Crippen MR) is 82.5 cm³/mol. The number of esters is 1. The molecule has 21 heavy (non-hydrogen) atoms. The average molecular weight is 359 g/mol. The predicted octanol–water partition coefficient (Wildman–Crippen LogP) is 2.49. The van der Waals surface area contributed by atoms with Crippen LogP contribution in [0.15, 0.2) is 22.7 Å². The number of hydrogen-bond donors (Lipinski definition) is 1. The molecule has 1 aromatic rings. The number of nitrogens with one attached hydrogen (secondary N) is 1. The van der Waals surface area contributed by atoms with Crippen LogP contribution in [0.1, 0.15) is 24.9 Å². The molecule has 1 aliphatic heterocycles. The molecule has 1 fully saturated rings. The van der Waals surface area contributed by atoms with Crippen LogP contribution in [-0.4, -0.2) is 43.7 Å². The SMILES string of the molecule is CCOC(=O)C(c1ccc(F)cc1Br)N1CCCNCC1. The van der Waals surface area contributed by atoms with Gasteiger partial charge in [0.05, 0.1) is 6.61 Å². The van der Waals surface area contributed by atoms with Crippen LogP contribution in [0.2, 0.25) is 0 Å². The zero-order valence-electron chi connectivity index (χ0n) is 12.1. The van der Waals surface area contributed by atoms with Crippen LogP contribution < -0.4 is 5.32 Å². The second-order valence-electron chi connectivity index (χ2n) is 4.96. The van der Waals surface area contributed by atoms with Crippen molar-refractivity contribution in [3.05, 3.63) is 34.1 Å². The van der Waals surface area contributed by atoms with Crippen molar-refractivity contribution in [3.8, 4) is 0 Å². The fraction of sp³-hybridized carbons (Fsp3) is 0.533. The van der Waals surface area contributed by atoms with E-state index in [4.69, 9.17) is 4.74 Å². The van der Waals surface area contributed by atoms with Gasteiger partial charge < -0.3 is 10.1 Å². The zero-order valence-corrected chi connectivity index (χ0v) is 13.7. The third-order valence-electron chi connectivity index (χ3n) is 3.51. The van der Waals surface area contributed by atoms with Crippen molar-refractivity contribution in [2.75, 3.05) is 32.8 Å². The number of hydrogen-bond acceptors (Lipinski definition) is 4. The maximum atomic E-state index is 13.3. The van der Waals surface area contributed by atoms with Gasteiger partial charge in [0, 0.05) is 24.1 Å². The van der Waals surface area contributed by atoms with Crippen LogP contribution in [0.4, 0.5) is 4.39 Å². The second-order valence-corrected chi connectivity index (χ2v) is 5.81. The Kier molecular flexibility index (Phi) is 6.14. The third kappa shape index (κ3) is 4.25. The van der Waals surface area contributed by atoms with Gasteiger partial charge in [-0.05, 0) is 37.6 Å². The standard InChI is InChI=1S/C15H20BrFN2O2/c1-2-21-15(20)14(19-8-3-6-18-7-9-19)12-5-4-11(17)10-13(12)16/h4-5,10,14,18H,2-3,6-9H2,1H3. The van der Waals surface area contributed by atoms with Crippen LogP contribution in [0.3, 0.4) is 0 Å². The number of nitrogens with zero attached hydrogens (tertiary/aromatic N) is 1. The summed E-state index contributed by atoms with van der Waals surface area (Å²) in [6.07, 6.45) is 0.967. The molecule has 6 heteroatoms. The number of halogens is 2. The highest BCUT2D eigenvalue weighted by Gasteiger charge is 2.31. The van der Waals surface area contributed by atoms with Crippen LogP contribution in [0, 0.1) is 5.82 Å². The molecule has 0 aromatic heterocycles. The lowest BCUT2D eigenvalue weighted by molar-refractivity contribution is -0.149.